The fourth-order valence-corrected chi connectivity index (χ4v) is 2.35. The van der Waals surface area contributed by atoms with E-state index in [4.69, 9.17) is 4.89 Å². The Kier molecular flexibility index (Phi) is 4.03. The standard InChI is InChI=1S/C8H15O2P/c9-11(10)7-6-8-4-2-1-3-5-8/h8H,1-7H2/p+1. The lowest BCUT2D eigenvalue weighted by Gasteiger charge is -2.18. The molecule has 0 aromatic rings. The van der Waals surface area contributed by atoms with Crippen molar-refractivity contribution in [3.8, 4) is 0 Å². The molecule has 11 heavy (non-hydrogen) atoms. The van der Waals surface area contributed by atoms with E-state index >= 15 is 0 Å². The summed E-state index contributed by atoms with van der Waals surface area (Å²) in [6, 6.07) is 0. The summed E-state index contributed by atoms with van der Waals surface area (Å²) >= 11 is 0. The predicted molar refractivity (Wildman–Crippen MR) is 45.9 cm³/mol. The fraction of sp³-hybridized carbons (Fsp3) is 1.00. The second kappa shape index (κ2) is 4.84. The molecule has 0 amide bonds. The smallest absolute Gasteiger partial charge is 0.161 e. The zero-order valence-electron chi connectivity index (χ0n) is 6.83. The van der Waals surface area contributed by atoms with E-state index in [2.05, 4.69) is 0 Å². The van der Waals surface area contributed by atoms with Crippen LogP contribution in [0.15, 0.2) is 0 Å². The lowest BCUT2D eigenvalue weighted by molar-refractivity contribution is 0.348. The Morgan fingerprint density at radius 3 is 2.45 bits per heavy atom. The molecular formula is C8H16O2P+. The van der Waals surface area contributed by atoms with Crippen molar-refractivity contribution in [2.45, 2.75) is 38.5 Å². The SMILES string of the molecule is O=[P+](O)CCC1CCCCC1. The van der Waals surface area contributed by atoms with Gasteiger partial charge in [0.2, 0.25) is 0 Å². The van der Waals surface area contributed by atoms with Gasteiger partial charge in [0.25, 0.3) is 0 Å². The Hall–Kier alpha value is 0.0600. The maximum atomic E-state index is 10.4. The Labute approximate surface area is 68.9 Å². The molecule has 1 aliphatic rings. The highest BCUT2D eigenvalue weighted by molar-refractivity contribution is 7.37. The minimum atomic E-state index is -1.88. The van der Waals surface area contributed by atoms with E-state index in [1.165, 1.54) is 32.1 Å². The van der Waals surface area contributed by atoms with E-state index in [1.807, 2.05) is 0 Å². The summed E-state index contributed by atoms with van der Waals surface area (Å²) in [6.07, 6.45) is 8.06. The Morgan fingerprint density at radius 2 is 1.91 bits per heavy atom. The highest BCUT2D eigenvalue weighted by Gasteiger charge is 2.18. The van der Waals surface area contributed by atoms with Gasteiger partial charge in [0.15, 0.2) is 6.16 Å². The predicted octanol–water partition coefficient (Wildman–Crippen LogP) is 2.69. The Balaban J connectivity index is 2.09. The third-order valence-corrected chi connectivity index (χ3v) is 3.09. The molecule has 0 spiro atoms. The fourth-order valence-electron chi connectivity index (χ4n) is 1.77. The van der Waals surface area contributed by atoms with Gasteiger partial charge < -0.3 is 0 Å². The summed E-state index contributed by atoms with van der Waals surface area (Å²) in [5.74, 6) is 0.745. The number of hydrogen-bond acceptors (Lipinski definition) is 1. The Bertz CT molecular complexity index is 130. The average molecular weight is 175 g/mol. The van der Waals surface area contributed by atoms with Gasteiger partial charge in [0.1, 0.15) is 0 Å². The van der Waals surface area contributed by atoms with Gasteiger partial charge >= 0.3 is 8.03 Å². The Morgan fingerprint density at radius 1 is 1.27 bits per heavy atom. The van der Waals surface area contributed by atoms with Crippen molar-refractivity contribution in [3.63, 3.8) is 0 Å². The molecule has 1 rings (SSSR count). The monoisotopic (exact) mass is 175 g/mol. The van der Waals surface area contributed by atoms with Crippen LogP contribution in [0.4, 0.5) is 0 Å². The molecule has 1 aliphatic carbocycles. The second-order valence-electron chi connectivity index (χ2n) is 3.37. The van der Waals surface area contributed by atoms with Gasteiger partial charge in [0, 0.05) is 0 Å². The van der Waals surface area contributed by atoms with E-state index in [1.54, 1.807) is 0 Å². The molecule has 0 aromatic carbocycles. The van der Waals surface area contributed by atoms with E-state index in [9.17, 15) is 4.57 Å². The lowest BCUT2D eigenvalue weighted by Crippen LogP contribution is -2.06. The largest absolute Gasteiger partial charge is 0.505 e. The molecule has 1 saturated carbocycles. The quantitative estimate of drug-likeness (QED) is 0.669. The van der Waals surface area contributed by atoms with Crippen LogP contribution in [0.25, 0.3) is 0 Å². The van der Waals surface area contributed by atoms with Crippen molar-refractivity contribution in [3.05, 3.63) is 0 Å². The molecule has 0 aliphatic heterocycles. The first-order chi connectivity index (χ1) is 5.29. The number of rotatable bonds is 3. The molecule has 0 saturated heterocycles. The topological polar surface area (TPSA) is 37.3 Å². The van der Waals surface area contributed by atoms with Crippen LogP contribution in [0.2, 0.25) is 0 Å². The van der Waals surface area contributed by atoms with Gasteiger partial charge in [-0.05, 0) is 16.9 Å². The molecule has 3 heteroatoms. The van der Waals surface area contributed by atoms with Crippen molar-refractivity contribution in [1.29, 1.82) is 0 Å². The van der Waals surface area contributed by atoms with Gasteiger partial charge in [-0.3, -0.25) is 0 Å². The normalized spacial score (nSPS) is 21.7. The number of hydrogen-bond donors (Lipinski definition) is 1. The first-order valence-electron chi connectivity index (χ1n) is 4.42. The van der Waals surface area contributed by atoms with Crippen molar-refractivity contribution in [2.24, 2.45) is 5.92 Å². The van der Waals surface area contributed by atoms with Crippen molar-refractivity contribution in [2.75, 3.05) is 6.16 Å². The van der Waals surface area contributed by atoms with Crippen molar-refractivity contribution < 1.29 is 9.46 Å². The van der Waals surface area contributed by atoms with Crippen LogP contribution in [0.1, 0.15) is 38.5 Å². The molecular weight excluding hydrogens is 159 g/mol. The summed E-state index contributed by atoms with van der Waals surface area (Å²) in [5.41, 5.74) is 0. The summed E-state index contributed by atoms with van der Waals surface area (Å²) in [5, 5.41) is 0. The van der Waals surface area contributed by atoms with Crippen LogP contribution in [-0.2, 0) is 4.57 Å². The molecule has 1 N–H and O–H groups in total. The summed E-state index contributed by atoms with van der Waals surface area (Å²) < 4.78 is 10.4. The van der Waals surface area contributed by atoms with E-state index in [0.29, 0.717) is 6.16 Å². The van der Waals surface area contributed by atoms with Gasteiger partial charge in [-0.15, -0.1) is 0 Å². The minimum Gasteiger partial charge on any atom is -0.161 e. The highest BCUT2D eigenvalue weighted by Crippen LogP contribution is 2.29. The van der Waals surface area contributed by atoms with Crippen LogP contribution in [0.3, 0.4) is 0 Å². The highest BCUT2D eigenvalue weighted by atomic mass is 31.1. The van der Waals surface area contributed by atoms with Crippen LogP contribution in [-0.4, -0.2) is 11.1 Å². The first-order valence-corrected chi connectivity index (χ1v) is 5.82. The maximum absolute atomic E-state index is 10.4. The minimum absolute atomic E-state index is 0.514. The van der Waals surface area contributed by atoms with Crippen LogP contribution < -0.4 is 0 Å². The molecule has 1 fully saturated rings. The van der Waals surface area contributed by atoms with Gasteiger partial charge in [-0.25, -0.2) is 0 Å². The molecule has 0 bridgehead atoms. The molecule has 2 nitrogen and oxygen atoms in total. The zero-order valence-corrected chi connectivity index (χ0v) is 7.72. The molecule has 64 valence electrons. The second-order valence-corrected chi connectivity index (χ2v) is 4.52. The van der Waals surface area contributed by atoms with Gasteiger partial charge in [-0.1, -0.05) is 32.1 Å². The van der Waals surface area contributed by atoms with E-state index in [0.717, 1.165) is 12.3 Å². The zero-order chi connectivity index (χ0) is 8.10. The van der Waals surface area contributed by atoms with Crippen LogP contribution >= 0.6 is 8.03 Å². The maximum Gasteiger partial charge on any atom is 0.505 e. The molecule has 1 unspecified atom stereocenters. The van der Waals surface area contributed by atoms with E-state index in [-0.39, 0.29) is 0 Å². The van der Waals surface area contributed by atoms with E-state index < -0.39 is 8.03 Å². The van der Waals surface area contributed by atoms with Crippen LogP contribution in [0.5, 0.6) is 0 Å². The summed E-state index contributed by atoms with van der Waals surface area (Å²) in [4.78, 5) is 8.59. The van der Waals surface area contributed by atoms with Gasteiger partial charge in [0.05, 0.1) is 0 Å². The lowest BCUT2D eigenvalue weighted by atomic mass is 9.88. The van der Waals surface area contributed by atoms with Crippen molar-refractivity contribution in [1.82, 2.24) is 0 Å². The molecule has 0 aromatic heterocycles. The van der Waals surface area contributed by atoms with Crippen LogP contribution in [0, 0.1) is 5.92 Å². The third kappa shape index (κ3) is 3.83. The van der Waals surface area contributed by atoms with Gasteiger partial charge in [-0.2, -0.15) is 4.89 Å². The summed E-state index contributed by atoms with van der Waals surface area (Å²) in [7, 11) is -1.88. The summed E-state index contributed by atoms with van der Waals surface area (Å²) in [6.45, 7) is 0. The molecule has 0 heterocycles. The first kappa shape index (κ1) is 9.15. The molecule has 0 radical (unpaired) electrons. The van der Waals surface area contributed by atoms with Crippen molar-refractivity contribution >= 4 is 8.03 Å². The third-order valence-electron chi connectivity index (χ3n) is 2.45. The molecule has 1 atom stereocenters. The average Bonchev–Trinajstić information content (AvgIpc) is 2.03.